The quantitative estimate of drug-likeness (QED) is 0.173. The molecule has 1 saturated carbocycles. The van der Waals surface area contributed by atoms with Gasteiger partial charge in [-0.1, -0.05) is 152 Å². The van der Waals surface area contributed by atoms with Crippen LogP contribution in [-0.2, 0) is 5.54 Å². The molecule has 7 aromatic carbocycles. The van der Waals surface area contributed by atoms with Gasteiger partial charge >= 0.3 is 0 Å². The third kappa shape index (κ3) is 3.04. The van der Waals surface area contributed by atoms with Gasteiger partial charge in [0.05, 0.1) is 11.1 Å². The first-order valence-electron chi connectivity index (χ1n) is 18.0. The van der Waals surface area contributed by atoms with E-state index in [1.165, 1.54) is 102 Å². The maximum absolute atomic E-state index is 2.77. The van der Waals surface area contributed by atoms with Crippen molar-refractivity contribution < 1.29 is 0 Å². The molecule has 1 spiro atoms. The van der Waals surface area contributed by atoms with Gasteiger partial charge in [0.1, 0.15) is 0 Å². The monoisotopic (exact) mass is 663 g/mol. The second kappa shape index (κ2) is 9.03. The molecule has 2 heteroatoms. The highest BCUT2D eigenvalue weighted by Crippen LogP contribution is 2.73. The summed E-state index contributed by atoms with van der Waals surface area (Å²) in [6, 6.07) is 47.8. The van der Waals surface area contributed by atoms with E-state index < -0.39 is 0 Å². The van der Waals surface area contributed by atoms with Gasteiger partial charge in [0.25, 0.3) is 0 Å². The molecule has 0 radical (unpaired) electrons. The Labute approximate surface area is 298 Å². The molecule has 2 unspecified atom stereocenters. The van der Waals surface area contributed by atoms with Crippen LogP contribution in [0, 0.1) is 5.41 Å². The lowest BCUT2D eigenvalue weighted by Gasteiger charge is -2.32. The molecule has 0 aliphatic heterocycles. The highest BCUT2D eigenvalue weighted by molar-refractivity contribution is 7.27. The zero-order valence-electron chi connectivity index (χ0n) is 27.7. The molecule has 51 heavy (non-hydrogen) atoms. The highest BCUT2D eigenvalue weighted by Gasteiger charge is 2.69. The molecule has 0 bridgehead atoms. The number of para-hydroxylation sites is 1. The van der Waals surface area contributed by atoms with Crippen molar-refractivity contribution in [2.75, 3.05) is 0 Å². The predicted octanol–water partition coefficient (Wildman–Crippen LogP) is 13.4. The Bertz CT molecular complexity index is 3200. The molecule has 9 aromatic rings. The lowest BCUT2D eigenvalue weighted by atomic mass is 9.77. The Morgan fingerprint density at radius 3 is 2.06 bits per heavy atom. The van der Waals surface area contributed by atoms with Gasteiger partial charge in [-0.15, -0.1) is 11.3 Å². The molecule has 0 N–H and O–H groups in total. The van der Waals surface area contributed by atoms with Gasteiger partial charge in [-0.25, -0.2) is 0 Å². The van der Waals surface area contributed by atoms with Crippen LogP contribution in [0.3, 0.4) is 0 Å². The summed E-state index contributed by atoms with van der Waals surface area (Å²) in [7, 11) is 0. The van der Waals surface area contributed by atoms with E-state index in [4.69, 9.17) is 0 Å². The Balaban J connectivity index is 1.13. The number of fused-ring (bicyclic) bond motifs is 13. The van der Waals surface area contributed by atoms with Crippen molar-refractivity contribution in [2.45, 2.75) is 12.0 Å². The summed E-state index contributed by atoms with van der Waals surface area (Å²) in [6.07, 6.45) is 15.6. The van der Waals surface area contributed by atoms with Gasteiger partial charge in [-0.2, -0.15) is 0 Å². The lowest BCUT2D eigenvalue weighted by Crippen LogP contribution is -2.27. The standard InChI is InChI=1S/C49H29NS/c1-2-13-30-29(12-1)33-18-11-19-34-31(23-24-36(30)43(33)34)32-25-27-49(28-48(49)26-10-9-20-40(32)48)50-41-21-7-5-16-38(41)44-35-14-3-4-15-37(35)47-45(46(44)50)39-17-6-8-22-42(39)51-47/h1-27H,28H2. The molecule has 2 atom stereocenters. The van der Waals surface area contributed by atoms with E-state index in [1.807, 2.05) is 11.3 Å². The number of thiophene rings is 1. The Kier molecular flexibility index (Phi) is 4.75. The largest absolute Gasteiger partial charge is 0.329 e. The van der Waals surface area contributed by atoms with E-state index >= 15 is 0 Å². The van der Waals surface area contributed by atoms with Crippen molar-refractivity contribution in [3.8, 4) is 22.3 Å². The average molecular weight is 664 g/mol. The molecule has 4 aliphatic rings. The van der Waals surface area contributed by atoms with E-state index in [-0.39, 0.29) is 11.0 Å². The number of hydrogen-bond donors (Lipinski definition) is 0. The molecule has 236 valence electrons. The maximum atomic E-state index is 2.77. The molecular weight excluding hydrogens is 635 g/mol. The van der Waals surface area contributed by atoms with Crippen LogP contribution >= 0.6 is 11.3 Å². The summed E-state index contributed by atoms with van der Waals surface area (Å²) >= 11 is 1.94. The van der Waals surface area contributed by atoms with Crippen LogP contribution in [0.1, 0.15) is 12.0 Å². The van der Waals surface area contributed by atoms with Gasteiger partial charge in [0, 0.05) is 47.3 Å². The summed E-state index contributed by atoms with van der Waals surface area (Å²) < 4.78 is 5.51. The molecule has 0 amide bonds. The molecule has 4 aliphatic carbocycles. The Morgan fingerprint density at radius 1 is 0.490 bits per heavy atom. The number of aromatic nitrogens is 1. The van der Waals surface area contributed by atoms with Gasteiger partial charge in [0.15, 0.2) is 0 Å². The number of benzene rings is 7. The fourth-order valence-electron chi connectivity index (χ4n) is 10.5. The van der Waals surface area contributed by atoms with Crippen molar-refractivity contribution in [3.63, 3.8) is 0 Å². The van der Waals surface area contributed by atoms with Crippen molar-refractivity contribution in [1.82, 2.24) is 4.57 Å². The molecule has 13 rings (SSSR count). The minimum absolute atomic E-state index is 0.143. The number of rotatable bonds is 2. The second-order valence-corrected chi connectivity index (χ2v) is 15.9. The Hall–Kier alpha value is -5.96. The first-order chi connectivity index (χ1) is 25.3. The highest BCUT2D eigenvalue weighted by atomic mass is 32.1. The van der Waals surface area contributed by atoms with Crippen LogP contribution < -0.4 is 0 Å². The number of allylic oxidation sites excluding steroid dienone is 8. The van der Waals surface area contributed by atoms with E-state index in [9.17, 15) is 0 Å². The SMILES string of the molecule is C1=CC2=C(c3ccc4c5c(cccc35)-c3ccccc3-4)C=CC3(n4c5ccccc5c5c6ccccc6c6sc7ccccc7c6c54)CC23C=C1. The summed E-state index contributed by atoms with van der Waals surface area (Å²) in [5.74, 6) is 0. The van der Waals surface area contributed by atoms with Crippen molar-refractivity contribution in [1.29, 1.82) is 0 Å². The van der Waals surface area contributed by atoms with Gasteiger partial charge in [-0.3, -0.25) is 0 Å². The topological polar surface area (TPSA) is 4.93 Å². The van der Waals surface area contributed by atoms with Crippen LogP contribution in [0.4, 0.5) is 0 Å². The average Bonchev–Trinajstić information content (AvgIpc) is 3.42. The van der Waals surface area contributed by atoms with Crippen molar-refractivity contribution in [2.24, 2.45) is 5.41 Å². The van der Waals surface area contributed by atoms with Crippen LogP contribution in [0.25, 0.3) is 91.3 Å². The van der Waals surface area contributed by atoms with Gasteiger partial charge in [-0.05, 0) is 73.7 Å². The summed E-state index contributed by atoms with van der Waals surface area (Å²) in [6.45, 7) is 0. The zero-order chi connectivity index (χ0) is 33.1. The minimum Gasteiger partial charge on any atom is -0.329 e. The predicted molar refractivity (Wildman–Crippen MR) is 218 cm³/mol. The molecule has 2 aromatic heterocycles. The lowest BCUT2D eigenvalue weighted by molar-refractivity contribution is 0.531. The molecular formula is C49H29NS. The van der Waals surface area contributed by atoms with Gasteiger partial charge < -0.3 is 4.57 Å². The second-order valence-electron chi connectivity index (χ2n) is 14.8. The fraction of sp³-hybridized carbons (Fsp3) is 0.0612. The summed E-state index contributed by atoms with van der Waals surface area (Å²) in [5.41, 5.74) is 11.8. The normalized spacial score (nSPS) is 21.1. The Morgan fingerprint density at radius 2 is 1.18 bits per heavy atom. The third-order valence-electron chi connectivity index (χ3n) is 12.6. The van der Waals surface area contributed by atoms with Crippen LogP contribution in [0.15, 0.2) is 169 Å². The zero-order valence-corrected chi connectivity index (χ0v) is 28.5. The number of nitrogens with zero attached hydrogens (tertiary/aromatic N) is 1. The van der Waals surface area contributed by atoms with Crippen LogP contribution in [0.2, 0.25) is 0 Å². The van der Waals surface area contributed by atoms with Crippen molar-refractivity contribution in [3.05, 3.63) is 175 Å². The molecule has 1 nitrogen and oxygen atoms in total. The molecule has 1 fully saturated rings. The molecule has 2 heterocycles. The third-order valence-corrected chi connectivity index (χ3v) is 13.8. The smallest absolute Gasteiger partial charge is 0.0782 e. The summed E-state index contributed by atoms with van der Waals surface area (Å²) in [5, 5.41) is 10.9. The van der Waals surface area contributed by atoms with Crippen molar-refractivity contribution >= 4 is 80.4 Å². The first kappa shape index (κ1) is 26.8. The first-order valence-corrected chi connectivity index (χ1v) is 18.8. The minimum atomic E-state index is -0.224. The van der Waals surface area contributed by atoms with E-state index in [0.717, 1.165) is 6.42 Å². The summed E-state index contributed by atoms with van der Waals surface area (Å²) in [4.78, 5) is 0. The number of hydrogen-bond acceptors (Lipinski definition) is 1. The van der Waals surface area contributed by atoms with Crippen LogP contribution in [-0.4, -0.2) is 4.57 Å². The van der Waals surface area contributed by atoms with E-state index in [1.54, 1.807) is 0 Å². The van der Waals surface area contributed by atoms with Gasteiger partial charge in [0.2, 0.25) is 0 Å². The fourth-order valence-corrected chi connectivity index (χ4v) is 11.8. The van der Waals surface area contributed by atoms with E-state index in [2.05, 4.69) is 168 Å². The maximum Gasteiger partial charge on any atom is 0.0782 e. The van der Waals surface area contributed by atoms with E-state index in [0.29, 0.717) is 0 Å². The molecule has 0 saturated heterocycles. The van der Waals surface area contributed by atoms with Crippen LogP contribution in [0.5, 0.6) is 0 Å².